The molecule has 0 saturated heterocycles. The molecule has 0 heterocycles. The maximum absolute atomic E-state index is 12.0. The second kappa shape index (κ2) is 7.88. The molecule has 0 bridgehead atoms. The Bertz CT molecular complexity index is 465. The van der Waals surface area contributed by atoms with Crippen molar-refractivity contribution in [2.45, 2.75) is 19.8 Å². The largest absolute Gasteiger partial charge is 0.466 e. The molecule has 5 heteroatoms. The average molecular weight is 260 g/mol. The van der Waals surface area contributed by atoms with Gasteiger partial charge >= 0.3 is 5.97 Å². The van der Waals surface area contributed by atoms with Crippen LogP contribution in [0, 0.1) is 11.3 Å². The lowest BCUT2D eigenvalue weighted by Crippen LogP contribution is -2.31. The number of para-hydroxylation sites is 1. The van der Waals surface area contributed by atoms with Gasteiger partial charge in [0.2, 0.25) is 5.91 Å². The molecule has 0 fully saturated rings. The summed E-state index contributed by atoms with van der Waals surface area (Å²) in [4.78, 5) is 24.6. The first-order valence-corrected chi connectivity index (χ1v) is 6.07. The number of nitriles is 1. The zero-order valence-electron chi connectivity index (χ0n) is 10.8. The minimum Gasteiger partial charge on any atom is -0.466 e. The second-order valence-electron chi connectivity index (χ2n) is 3.78. The highest BCUT2D eigenvalue weighted by Gasteiger charge is 2.16. The molecule has 1 rings (SSSR count). The molecule has 100 valence electrons. The van der Waals surface area contributed by atoms with Crippen LogP contribution >= 0.6 is 0 Å². The lowest BCUT2D eigenvalue weighted by atomic mass is 10.2. The van der Waals surface area contributed by atoms with E-state index < -0.39 is 5.97 Å². The van der Waals surface area contributed by atoms with E-state index in [1.165, 1.54) is 4.90 Å². The van der Waals surface area contributed by atoms with Crippen molar-refractivity contribution in [1.29, 1.82) is 5.26 Å². The van der Waals surface area contributed by atoms with Crippen molar-refractivity contribution in [2.24, 2.45) is 0 Å². The number of rotatable bonds is 6. The van der Waals surface area contributed by atoms with E-state index in [4.69, 9.17) is 10.00 Å². The number of esters is 1. The molecule has 0 saturated carbocycles. The quantitative estimate of drug-likeness (QED) is 0.578. The lowest BCUT2D eigenvalue weighted by molar-refractivity contribution is -0.144. The summed E-state index contributed by atoms with van der Waals surface area (Å²) in [6.07, 6.45) is 0.0663. The fourth-order valence-corrected chi connectivity index (χ4v) is 1.58. The first kappa shape index (κ1) is 14.7. The Morgan fingerprint density at radius 2 is 1.95 bits per heavy atom. The van der Waals surface area contributed by atoms with Crippen molar-refractivity contribution in [2.75, 3.05) is 18.1 Å². The Balaban J connectivity index is 2.65. The van der Waals surface area contributed by atoms with Crippen molar-refractivity contribution >= 4 is 17.6 Å². The van der Waals surface area contributed by atoms with Crippen LogP contribution in [0.3, 0.4) is 0 Å². The molecule has 0 N–H and O–H groups in total. The molecule has 0 unspecified atom stereocenters. The molecule has 1 amide bonds. The van der Waals surface area contributed by atoms with Crippen LogP contribution < -0.4 is 4.90 Å². The van der Waals surface area contributed by atoms with Gasteiger partial charge in [-0.2, -0.15) is 5.26 Å². The molecular formula is C14H16N2O3. The number of carbonyl (C=O) groups is 2. The zero-order valence-corrected chi connectivity index (χ0v) is 10.8. The van der Waals surface area contributed by atoms with Crippen LogP contribution in [0.25, 0.3) is 0 Å². The molecule has 5 nitrogen and oxygen atoms in total. The summed E-state index contributed by atoms with van der Waals surface area (Å²) >= 11 is 0. The number of hydrogen-bond donors (Lipinski definition) is 0. The van der Waals surface area contributed by atoms with Crippen LogP contribution in [0.1, 0.15) is 19.8 Å². The highest BCUT2D eigenvalue weighted by molar-refractivity contribution is 5.95. The van der Waals surface area contributed by atoms with E-state index in [1.807, 2.05) is 12.1 Å². The molecule has 19 heavy (non-hydrogen) atoms. The number of benzene rings is 1. The Hall–Kier alpha value is -2.35. The van der Waals surface area contributed by atoms with E-state index in [0.717, 1.165) is 0 Å². The van der Waals surface area contributed by atoms with Gasteiger partial charge in [-0.1, -0.05) is 18.2 Å². The predicted octanol–water partition coefficient (Wildman–Crippen LogP) is 1.89. The predicted molar refractivity (Wildman–Crippen MR) is 70.3 cm³/mol. The van der Waals surface area contributed by atoms with Gasteiger partial charge in [-0.3, -0.25) is 14.5 Å². The third-order valence-corrected chi connectivity index (χ3v) is 2.45. The average Bonchev–Trinajstić information content (AvgIpc) is 2.43. The molecule has 0 aliphatic carbocycles. The van der Waals surface area contributed by atoms with Crippen LogP contribution in [-0.4, -0.2) is 25.0 Å². The van der Waals surface area contributed by atoms with E-state index in [-0.39, 0.29) is 25.3 Å². The summed E-state index contributed by atoms with van der Waals surface area (Å²) in [5.74, 6) is -0.665. The molecule has 1 aromatic rings. The van der Waals surface area contributed by atoms with E-state index in [0.29, 0.717) is 12.3 Å². The number of carbonyl (C=O) groups excluding carboxylic acids is 2. The van der Waals surface area contributed by atoms with Crippen molar-refractivity contribution < 1.29 is 14.3 Å². The van der Waals surface area contributed by atoms with Gasteiger partial charge in [0.05, 0.1) is 19.1 Å². The van der Waals surface area contributed by atoms with Crippen LogP contribution in [0.2, 0.25) is 0 Å². The van der Waals surface area contributed by atoms with Crippen molar-refractivity contribution in [3.63, 3.8) is 0 Å². The summed E-state index contributed by atoms with van der Waals surface area (Å²) in [7, 11) is 0. The third kappa shape index (κ3) is 4.80. The van der Waals surface area contributed by atoms with E-state index in [1.54, 1.807) is 31.2 Å². The van der Waals surface area contributed by atoms with Gasteiger partial charge in [0.25, 0.3) is 0 Å². The minimum atomic E-state index is -0.402. The molecule has 0 aliphatic heterocycles. The van der Waals surface area contributed by atoms with E-state index in [2.05, 4.69) is 0 Å². The Morgan fingerprint density at radius 1 is 1.26 bits per heavy atom. The van der Waals surface area contributed by atoms with Gasteiger partial charge in [-0.15, -0.1) is 0 Å². The van der Waals surface area contributed by atoms with Crippen LogP contribution in [0.4, 0.5) is 5.69 Å². The number of amides is 1. The molecule has 0 radical (unpaired) electrons. The fourth-order valence-electron chi connectivity index (χ4n) is 1.58. The van der Waals surface area contributed by atoms with Crippen LogP contribution in [-0.2, 0) is 14.3 Å². The number of hydrogen-bond acceptors (Lipinski definition) is 4. The van der Waals surface area contributed by atoms with Crippen molar-refractivity contribution in [1.82, 2.24) is 0 Å². The highest BCUT2D eigenvalue weighted by atomic mass is 16.5. The molecular weight excluding hydrogens is 244 g/mol. The Kier molecular flexibility index (Phi) is 6.10. The standard InChI is InChI=1S/C14H16N2O3/c1-2-19-14(18)9-8-13(17)16(11-10-15)12-6-4-3-5-7-12/h3-7H,2,8-9,11H2,1H3. The number of ether oxygens (including phenoxy) is 1. The fraction of sp³-hybridized carbons (Fsp3) is 0.357. The van der Waals surface area contributed by atoms with Crippen molar-refractivity contribution in [3.05, 3.63) is 30.3 Å². The van der Waals surface area contributed by atoms with E-state index in [9.17, 15) is 9.59 Å². The smallest absolute Gasteiger partial charge is 0.306 e. The highest BCUT2D eigenvalue weighted by Crippen LogP contribution is 2.14. The SMILES string of the molecule is CCOC(=O)CCC(=O)N(CC#N)c1ccccc1. The maximum Gasteiger partial charge on any atom is 0.306 e. The van der Waals surface area contributed by atoms with Gasteiger partial charge in [0, 0.05) is 12.1 Å². The Labute approximate surface area is 112 Å². The third-order valence-electron chi connectivity index (χ3n) is 2.45. The summed E-state index contributed by atoms with van der Waals surface area (Å²) in [6, 6.07) is 10.9. The van der Waals surface area contributed by atoms with E-state index >= 15 is 0 Å². The Morgan fingerprint density at radius 3 is 2.53 bits per heavy atom. The molecule has 0 aromatic heterocycles. The van der Waals surface area contributed by atoms with Gasteiger partial charge in [0.1, 0.15) is 6.54 Å². The number of anilines is 1. The van der Waals surface area contributed by atoms with Gasteiger partial charge in [-0.25, -0.2) is 0 Å². The summed E-state index contributed by atoms with van der Waals surface area (Å²) in [5.41, 5.74) is 0.651. The normalized spacial score (nSPS) is 9.47. The van der Waals surface area contributed by atoms with Gasteiger partial charge < -0.3 is 4.74 Å². The van der Waals surface area contributed by atoms with Gasteiger partial charge in [-0.05, 0) is 19.1 Å². The van der Waals surface area contributed by atoms with Crippen molar-refractivity contribution in [3.8, 4) is 6.07 Å². The summed E-state index contributed by atoms with van der Waals surface area (Å²) in [5, 5.41) is 8.77. The zero-order chi connectivity index (χ0) is 14.1. The molecule has 0 aliphatic rings. The van der Waals surface area contributed by atoms with Gasteiger partial charge in [0.15, 0.2) is 0 Å². The lowest BCUT2D eigenvalue weighted by Gasteiger charge is -2.19. The van der Waals surface area contributed by atoms with Crippen LogP contribution in [0.15, 0.2) is 30.3 Å². The molecule has 0 atom stereocenters. The number of nitrogens with zero attached hydrogens (tertiary/aromatic N) is 2. The van der Waals surface area contributed by atoms with Crippen LogP contribution in [0.5, 0.6) is 0 Å². The second-order valence-corrected chi connectivity index (χ2v) is 3.78. The minimum absolute atomic E-state index is 0.0292. The molecule has 1 aromatic carbocycles. The first-order chi connectivity index (χ1) is 9.19. The maximum atomic E-state index is 12.0. The summed E-state index contributed by atoms with van der Waals surface area (Å²) < 4.78 is 4.76. The summed E-state index contributed by atoms with van der Waals surface area (Å²) in [6.45, 7) is 1.98. The topological polar surface area (TPSA) is 70.4 Å². The molecule has 0 spiro atoms. The first-order valence-electron chi connectivity index (χ1n) is 6.07. The monoisotopic (exact) mass is 260 g/mol.